The topological polar surface area (TPSA) is 28.1 Å². The Morgan fingerprint density at radius 1 is 0.784 bits per heavy atom. The van der Waals surface area contributed by atoms with E-state index in [0.717, 1.165) is 12.8 Å². The van der Waals surface area contributed by atoms with Gasteiger partial charge in [0.05, 0.1) is 0 Å². The van der Waals surface area contributed by atoms with Gasteiger partial charge in [0.2, 0.25) is 0 Å². The average molecular weight is 493 g/mol. The first kappa shape index (κ1) is 29.6. The molecule has 0 aliphatic heterocycles. The number of aromatic nitrogens is 1. The van der Waals surface area contributed by atoms with Crippen molar-refractivity contribution >= 4 is 11.8 Å². The molecular weight excluding hydrogens is 448 g/mol. The van der Waals surface area contributed by atoms with Crippen LogP contribution in [0.4, 0.5) is 0 Å². The first-order chi connectivity index (χ1) is 18.0. The molecule has 4 aromatic rings. The van der Waals surface area contributed by atoms with Gasteiger partial charge in [0, 0.05) is 24.7 Å². The summed E-state index contributed by atoms with van der Waals surface area (Å²) in [4.78, 5) is 7.49. The van der Waals surface area contributed by atoms with Crippen LogP contribution in [0.1, 0.15) is 56.5 Å². The molecule has 0 saturated carbocycles. The lowest BCUT2D eigenvalue weighted by atomic mass is 9.98. The molecule has 0 aliphatic rings. The summed E-state index contributed by atoms with van der Waals surface area (Å²) < 4.78 is 0. The number of nitrogens with one attached hydrogen (secondary N) is 1. The standard InChI is InChI=1S/C21H25N.C11H11N.C3H8/c1-17(2)15-19-10-12-20(13-11-19)21(16-22-3)14-9-18-7-5-4-6-8-18;1-9-7-8-11(12-9)10-5-3-2-4-6-10;1-3-2/h4-8,10-14,16-17H,9,15H2,1-3H3;2-8,12H,1H3;3H2,1-2H3/b21-14+,22-16?;;. The molecule has 0 spiro atoms. The van der Waals surface area contributed by atoms with Crippen LogP contribution < -0.4 is 0 Å². The SMILES string of the molecule is CCC.CN=C/C(=C\Cc1ccccc1)c1ccc(CC(C)C)cc1.Cc1ccc(-c2ccccc2)[nH]1. The minimum atomic E-state index is 0.691. The van der Waals surface area contributed by atoms with E-state index in [1.807, 2.05) is 31.5 Å². The summed E-state index contributed by atoms with van der Waals surface area (Å²) in [7, 11) is 1.82. The summed E-state index contributed by atoms with van der Waals surface area (Å²) in [6.45, 7) is 10.8. The molecular formula is C35H44N2. The van der Waals surface area contributed by atoms with Crippen LogP contribution >= 0.6 is 0 Å². The molecule has 0 radical (unpaired) electrons. The number of nitrogens with zero attached hydrogens (tertiary/aromatic N) is 1. The lowest BCUT2D eigenvalue weighted by Crippen LogP contribution is -1.95. The second-order valence-corrected chi connectivity index (χ2v) is 9.66. The maximum Gasteiger partial charge on any atom is 0.0455 e. The van der Waals surface area contributed by atoms with Gasteiger partial charge in [-0.3, -0.25) is 4.99 Å². The van der Waals surface area contributed by atoms with Gasteiger partial charge >= 0.3 is 0 Å². The number of H-pyrrole nitrogens is 1. The summed E-state index contributed by atoms with van der Waals surface area (Å²) >= 11 is 0. The van der Waals surface area contributed by atoms with Crippen molar-refractivity contribution in [3.05, 3.63) is 126 Å². The zero-order valence-corrected chi connectivity index (χ0v) is 23.5. The second kappa shape index (κ2) is 16.9. The van der Waals surface area contributed by atoms with Crippen molar-refractivity contribution in [3.63, 3.8) is 0 Å². The minimum Gasteiger partial charge on any atom is -0.359 e. The summed E-state index contributed by atoms with van der Waals surface area (Å²) in [6.07, 6.45) is 7.50. The molecule has 1 N–H and O–H groups in total. The number of aliphatic imine (C=N–C) groups is 1. The molecule has 0 atom stereocenters. The van der Waals surface area contributed by atoms with Crippen LogP contribution in [0.15, 0.2) is 108 Å². The Morgan fingerprint density at radius 3 is 1.89 bits per heavy atom. The number of aromatic amines is 1. The lowest BCUT2D eigenvalue weighted by Gasteiger charge is -2.07. The number of rotatable bonds is 7. The van der Waals surface area contributed by atoms with Crippen LogP contribution in [0.25, 0.3) is 16.8 Å². The molecule has 37 heavy (non-hydrogen) atoms. The third kappa shape index (κ3) is 11.3. The van der Waals surface area contributed by atoms with Crippen LogP contribution in [0, 0.1) is 12.8 Å². The predicted octanol–water partition coefficient (Wildman–Crippen LogP) is 9.62. The maximum absolute atomic E-state index is 4.20. The molecule has 4 rings (SSSR count). The molecule has 3 aromatic carbocycles. The normalized spacial score (nSPS) is 11.1. The van der Waals surface area contributed by atoms with Crippen LogP contribution in [-0.2, 0) is 12.8 Å². The van der Waals surface area contributed by atoms with Crippen molar-refractivity contribution in [3.8, 4) is 11.3 Å². The summed E-state index contributed by atoms with van der Waals surface area (Å²) in [5, 5.41) is 0. The number of hydrogen-bond donors (Lipinski definition) is 1. The average Bonchev–Trinajstić information content (AvgIpc) is 3.35. The van der Waals surface area contributed by atoms with Gasteiger partial charge in [-0.1, -0.05) is 125 Å². The molecule has 0 amide bonds. The van der Waals surface area contributed by atoms with E-state index in [0.29, 0.717) is 5.92 Å². The summed E-state index contributed by atoms with van der Waals surface area (Å²) in [5.74, 6) is 0.691. The zero-order valence-electron chi connectivity index (χ0n) is 23.5. The Labute approximate surface area is 225 Å². The van der Waals surface area contributed by atoms with Crippen molar-refractivity contribution in [2.75, 3.05) is 7.05 Å². The summed E-state index contributed by atoms with van der Waals surface area (Å²) in [5.41, 5.74) is 8.76. The highest BCUT2D eigenvalue weighted by atomic mass is 14.7. The Bertz CT molecular complexity index is 1180. The Kier molecular flexibility index (Phi) is 13.5. The monoisotopic (exact) mass is 492 g/mol. The van der Waals surface area contributed by atoms with Crippen molar-refractivity contribution in [2.24, 2.45) is 10.9 Å². The minimum absolute atomic E-state index is 0.691. The molecule has 1 heterocycles. The van der Waals surface area contributed by atoms with Gasteiger partial charge < -0.3 is 4.98 Å². The number of allylic oxidation sites excluding steroid dienone is 2. The van der Waals surface area contributed by atoms with Gasteiger partial charge in [-0.05, 0) is 65.6 Å². The molecule has 0 aliphatic carbocycles. The largest absolute Gasteiger partial charge is 0.359 e. The van der Waals surface area contributed by atoms with Gasteiger partial charge in [-0.2, -0.15) is 0 Å². The first-order valence-electron chi connectivity index (χ1n) is 13.4. The van der Waals surface area contributed by atoms with Crippen LogP contribution in [0.3, 0.4) is 0 Å². The molecule has 194 valence electrons. The lowest BCUT2D eigenvalue weighted by molar-refractivity contribution is 0.647. The van der Waals surface area contributed by atoms with Crippen molar-refractivity contribution in [2.45, 2.75) is 53.9 Å². The van der Waals surface area contributed by atoms with E-state index in [1.54, 1.807) is 0 Å². The fraction of sp³-hybridized carbons (Fsp3) is 0.286. The molecule has 2 nitrogen and oxygen atoms in total. The van der Waals surface area contributed by atoms with Gasteiger partial charge in [-0.25, -0.2) is 0 Å². The maximum atomic E-state index is 4.20. The zero-order chi connectivity index (χ0) is 26.9. The van der Waals surface area contributed by atoms with E-state index in [9.17, 15) is 0 Å². The Morgan fingerprint density at radius 2 is 1.38 bits per heavy atom. The van der Waals surface area contributed by atoms with Gasteiger partial charge in [0.1, 0.15) is 0 Å². The smallest absolute Gasteiger partial charge is 0.0455 e. The van der Waals surface area contributed by atoms with Crippen molar-refractivity contribution in [1.82, 2.24) is 4.98 Å². The Balaban J connectivity index is 0.000000268. The third-order valence-corrected chi connectivity index (χ3v) is 5.52. The molecule has 0 unspecified atom stereocenters. The third-order valence-electron chi connectivity index (χ3n) is 5.52. The van der Waals surface area contributed by atoms with E-state index in [-0.39, 0.29) is 0 Å². The quantitative estimate of drug-likeness (QED) is 0.249. The molecule has 0 saturated heterocycles. The van der Waals surface area contributed by atoms with Crippen molar-refractivity contribution < 1.29 is 0 Å². The van der Waals surface area contributed by atoms with Gasteiger partial charge in [0.15, 0.2) is 0 Å². The van der Waals surface area contributed by atoms with Crippen LogP contribution in [-0.4, -0.2) is 18.2 Å². The van der Waals surface area contributed by atoms with Crippen molar-refractivity contribution in [1.29, 1.82) is 0 Å². The number of hydrogen-bond acceptors (Lipinski definition) is 1. The molecule has 2 heteroatoms. The van der Waals surface area contributed by atoms with E-state index >= 15 is 0 Å². The number of aryl methyl sites for hydroxylation is 1. The summed E-state index contributed by atoms with van der Waals surface area (Å²) in [6, 6.07) is 33.9. The Hall–Kier alpha value is -3.65. The highest BCUT2D eigenvalue weighted by Crippen LogP contribution is 2.18. The fourth-order valence-electron chi connectivity index (χ4n) is 3.82. The predicted molar refractivity (Wildman–Crippen MR) is 164 cm³/mol. The van der Waals surface area contributed by atoms with Gasteiger partial charge in [0.25, 0.3) is 0 Å². The molecule has 1 aromatic heterocycles. The molecule has 0 fully saturated rings. The highest BCUT2D eigenvalue weighted by Gasteiger charge is 2.02. The van der Waals surface area contributed by atoms with E-state index in [4.69, 9.17) is 0 Å². The second-order valence-electron chi connectivity index (χ2n) is 9.66. The van der Waals surface area contributed by atoms with E-state index < -0.39 is 0 Å². The number of benzene rings is 3. The van der Waals surface area contributed by atoms with Crippen LogP contribution in [0.2, 0.25) is 0 Å². The van der Waals surface area contributed by atoms with E-state index in [2.05, 4.69) is 130 Å². The van der Waals surface area contributed by atoms with Gasteiger partial charge in [-0.15, -0.1) is 0 Å². The van der Waals surface area contributed by atoms with Crippen LogP contribution in [0.5, 0.6) is 0 Å². The molecule has 0 bridgehead atoms. The highest BCUT2D eigenvalue weighted by molar-refractivity contribution is 6.09. The van der Waals surface area contributed by atoms with E-state index in [1.165, 1.54) is 45.6 Å². The fourth-order valence-corrected chi connectivity index (χ4v) is 3.82. The first-order valence-corrected chi connectivity index (χ1v) is 13.4.